The molecule has 2 fully saturated rings. The Hall–Kier alpha value is -0.670. The molecule has 0 aromatic heterocycles. The lowest BCUT2D eigenvalue weighted by molar-refractivity contribution is 0.224. The minimum Gasteiger partial charge on any atom is -0.316 e. The molecule has 1 unspecified atom stereocenters. The number of nitrogens with zero attached hydrogens (tertiary/aromatic N) is 1. The summed E-state index contributed by atoms with van der Waals surface area (Å²) in [6.07, 6.45) is 4.12. The summed E-state index contributed by atoms with van der Waals surface area (Å²) in [5.74, 6) is 0. The summed E-state index contributed by atoms with van der Waals surface area (Å²) in [6, 6.07) is 5.48. The average molecular weight is 395 g/mol. The van der Waals surface area contributed by atoms with Crippen LogP contribution in [-0.2, 0) is 19.9 Å². The molecular formula is C15H23ClN2O4S2. The Morgan fingerprint density at radius 1 is 1.04 bits per heavy atom. The van der Waals surface area contributed by atoms with Crippen molar-refractivity contribution in [2.75, 3.05) is 32.4 Å². The van der Waals surface area contributed by atoms with E-state index in [-0.39, 0.29) is 27.6 Å². The van der Waals surface area contributed by atoms with Crippen molar-refractivity contribution < 1.29 is 16.8 Å². The van der Waals surface area contributed by atoms with E-state index < -0.39 is 19.9 Å². The van der Waals surface area contributed by atoms with Crippen LogP contribution in [0.15, 0.2) is 34.1 Å². The van der Waals surface area contributed by atoms with E-state index in [0.717, 1.165) is 38.6 Å². The van der Waals surface area contributed by atoms with Gasteiger partial charge in [-0.2, -0.15) is 4.31 Å². The number of sulfonamides is 1. The molecule has 0 saturated carbocycles. The number of sulfone groups is 1. The maximum atomic E-state index is 12.8. The molecule has 0 bridgehead atoms. The Morgan fingerprint density at radius 3 is 2.21 bits per heavy atom. The molecule has 9 heteroatoms. The number of hydrogen-bond acceptors (Lipinski definition) is 5. The van der Waals surface area contributed by atoms with Crippen LogP contribution in [0.4, 0.5) is 0 Å². The molecule has 1 N–H and O–H groups in total. The highest BCUT2D eigenvalue weighted by Gasteiger charge is 2.43. The fraction of sp³-hybridized carbons (Fsp3) is 0.600. The SMILES string of the molecule is CS(=O)(=O)c1ccc(S(=O)(=O)N2CCC3(CCCNC3)C2)cc1.Cl. The lowest BCUT2D eigenvalue weighted by Gasteiger charge is -2.33. The molecule has 2 aliphatic rings. The summed E-state index contributed by atoms with van der Waals surface area (Å²) in [4.78, 5) is 0.288. The van der Waals surface area contributed by atoms with Gasteiger partial charge in [0.2, 0.25) is 10.0 Å². The summed E-state index contributed by atoms with van der Waals surface area (Å²) in [6.45, 7) is 2.93. The molecule has 0 aliphatic carbocycles. The van der Waals surface area contributed by atoms with E-state index in [1.165, 1.54) is 28.6 Å². The zero-order valence-electron chi connectivity index (χ0n) is 13.6. The van der Waals surface area contributed by atoms with Crippen molar-refractivity contribution in [2.45, 2.75) is 29.1 Å². The number of nitrogens with one attached hydrogen (secondary N) is 1. The molecule has 1 spiro atoms. The van der Waals surface area contributed by atoms with Crippen molar-refractivity contribution >= 4 is 32.3 Å². The van der Waals surface area contributed by atoms with E-state index in [4.69, 9.17) is 0 Å². The van der Waals surface area contributed by atoms with Gasteiger partial charge in [0.15, 0.2) is 9.84 Å². The number of piperidine rings is 1. The molecule has 1 aromatic carbocycles. The first kappa shape index (κ1) is 19.7. The summed E-state index contributed by atoms with van der Waals surface area (Å²) < 4.78 is 50.1. The van der Waals surface area contributed by atoms with Crippen molar-refractivity contribution in [1.29, 1.82) is 0 Å². The highest BCUT2D eigenvalue weighted by Crippen LogP contribution is 2.38. The standard InChI is InChI=1S/C15H22N2O4S2.ClH/c1-22(18,19)13-3-5-14(6-4-13)23(20,21)17-10-8-15(12-17)7-2-9-16-11-15;/h3-6,16H,2,7-12H2,1H3;1H. The fourth-order valence-electron chi connectivity index (χ4n) is 3.49. The molecule has 24 heavy (non-hydrogen) atoms. The van der Waals surface area contributed by atoms with Crippen molar-refractivity contribution in [2.24, 2.45) is 5.41 Å². The minimum absolute atomic E-state index is 0. The topological polar surface area (TPSA) is 83.5 Å². The summed E-state index contributed by atoms with van der Waals surface area (Å²) in [7, 11) is -6.89. The van der Waals surface area contributed by atoms with Crippen LogP contribution < -0.4 is 5.32 Å². The molecule has 1 aromatic rings. The zero-order chi connectivity index (χ0) is 16.7. The van der Waals surface area contributed by atoms with Crippen molar-refractivity contribution in [1.82, 2.24) is 9.62 Å². The van der Waals surface area contributed by atoms with Gasteiger partial charge in [-0.05, 0) is 55.5 Å². The van der Waals surface area contributed by atoms with Crippen LogP contribution in [0, 0.1) is 5.41 Å². The smallest absolute Gasteiger partial charge is 0.243 e. The van der Waals surface area contributed by atoms with Gasteiger partial charge in [-0.15, -0.1) is 12.4 Å². The van der Waals surface area contributed by atoms with E-state index >= 15 is 0 Å². The average Bonchev–Trinajstić information content (AvgIpc) is 2.92. The zero-order valence-corrected chi connectivity index (χ0v) is 16.0. The van der Waals surface area contributed by atoms with Gasteiger partial charge >= 0.3 is 0 Å². The van der Waals surface area contributed by atoms with Gasteiger partial charge in [0.1, 0.15) is 0 Å². The van der Waals surface area contributed by atoms with E-state index in [1.807, 2.05) is 0 Å². The summed E-state index contributed by atoms with van der Waals surface area (Å²) in [5, 5.41) is 3.37. The lowest BCUT2D eigenvalue weighted by atomic mass is 9.80. The molecular weight excluding hydrogens is 372 g/mol. The monoisotopic (exact) mass is 394 g/mol. The van der Waals surface area contributed by atoms with Crippen LogP contribution in [0.1, 0.15) is 19.3 Å². The van der Waals surface area contributed by atoms with Gasteiger partial charge in [0.05, 0.1) is 9.79 Å². The maximum absolute atomic E-state index is 12.8. The second-order valence-electron chi connectivity index (χ2n) is 6.61. The molecule has 6 nitrogen and oxygen atoms in total. The van der Waals surface area contributed by atoms with Crippen molar-refractivity contribution in [3.63, 3.8) is 0 Å². The van der Waals surface area contributed by atoms with E-state index in [1.54, 1.807) is 0 Å². The largest absolute Gasteiger partial charge is 0.316 e. The van der Waals surface area contributed by atoms with Gasteiger partial charge in [0.25, 0.3) is 0 Å². The summed E-state index contributed by atoms with van der Waals surface area (Å²) in [5.41, 5.74) is 0.0536. The molecule has 0 radical (unpaired) electrons. The maximum Gasteiger partial charge on any atom is 0.243 e. The van der Waals surface area contributed by atoms with Gasteiger partial charge < -0.3 is 5.32 Å². The van der Waals surface area contributed by atoms with E-state index in [2.05, 4.69) is 5.32 Å². The van der Waals surface area contributed by atoms with Crippen LogP contribution in [0.25, 0.3) is 0 Å². The van der Waals surface area contributed by atoms with Crippen LogP contribution in [0.2, 0.25) is 0 Å². The first-order valence-corrected chi connectivity index (χ1v) is 11.1. The second kappa shape index (κ2) is 6.92. The number of rotatable bonds is 3. The van der Waals surface area contributed by atoms with Crippen molar-refractivity contribution in [3.8, 4) is 0 Å². The van der Waals surface area contributed by atoms with Crippen LogP contribution >= 0.6 is 12.4 Å². The molecule has 136 valence electrons. The fourth-order valence-corrected chi connectivity index (χ4v) is 5.67. The predicted octanol–water partition coefficient (Wildman–Crippen LogP) is 1.28. The van der Waals surface area contributed by atoms with Gasteiger partial charge in [-0.25, -0.2) is 16.8 Å². The molecule has 3 rings (SSSR count). The second-order valence-corrected chi connectivity index (χ2v) is 10.6. The van der Waals surface area contributed by atoms with Gasteiger partial charge in [0, 0.05) is 25.9 Å². The third-order valence-electron chi connectivity index (χ3n) is 4.85. The highest BCUT2D eigenvalue weighted by molar-refractivity contribution is 7.90. The number of halogens is 1. The van der Waals surface area contributed by atoms with E-state index in [9.17, 15) is 16.8 Å². The first-order valence-electron chi connectivity index (χ1n) is 7.74. The first-order chi connectivity index (χ1) is 10.7. The van der Waals surface area contributed by atoms with Crippen LogP contribution in [-0.4, -0.2) is 53.6 Å². The quantitative estimate of drug-likeness (QED) is 0.834. The third kappa shape index (κ3) is 3.77. The summed E-state index contributed by atoms with van der Waals surface area (Å²) >= 11 is 0. The normalized spacial score (nSPS) is 25.5. The third-order valence-corrected chi connectivity index (χ3v) is 7.84. The molecule has 2 saturated heterocycles. The Labute approximate surface area is 150 Å². The van der Waals surface area contributed by atoms with Gasteiger partial charge in [-0.1, -0.05) is 0 Å². The lowest BCUT2D eigenvalue weighted by Crippen LogP contribution is -2.42. The molecule has 0 amide bonds. The molecule has 1 atom stereocenters. The Bertz CT molecular complexity index is 785. The number of benzene rings is 1. The van der Waals surface area contributed by atoms with Gasteiger partial charge in [-0.3, -0.25) is 0 Å². The van der Waals surface area contributed by atoms with Crippen LogP contribution in [0.5, 0.6) is 0 Å². The molecule has 2 heterocycles. The van der Waals surface area contributed by atoms with Crippen LogP contribution in [0.3, 0.4) is 0 Å². The Kier molecular flexibility index (Phi) is 5.66. The Morgan fingerprint density at radius 2 is 1.67 bits per heavy atom. The highest BCUT2D eigenvalue weighted by atomic mass is 35.5. The predicted molar refractivity (Wildman–Crippen MR) is 94.7 cm³/mol. The number of hydrogen-bond donors (Lipinski definition) is 1. The van der Waals surface area contributed by atoms with E-state index in [0.29, 0.717) is 13.1 Å². The molecule has 2 aliphatic heterocycles. The van der Waals surface area contributed by atoms with Crippen molar-refractivity contribution in [3.05, 3.63) is 24.3 Å². The Balaban J connectivity index is 0.00000208. The minimum atomic E-state index is -3.57.